The molecular formula is C4H10NO4P. The molecule has 0 bridgehead atoms. The van der Waals surface area contributed by atoms with E-state index in [9.17, 15) is 9.36 Å². The second-order valence-corrected chi connectivity index (χ2v) is 3.59. The number of hydrogen-bond donors (Lipinski definition) is 3. The predicted octanol–water partition coefficient (Wildman–Crippen LogP) is -0.700. The van der Waals surface area contributed by atoms with Crippen LogP contribution in [0.15, 0.2) is 0 Å². The quantitative estimate of drug-likeness (QED) is 0.287. The standard InChI is InChI=1S/C4H10NO4P/c6-4-5-2-1-3-10(7,8)9/h4H,1-3H2,(H,5,6)(H2,7,8,9). The number of hydrogen-bond acceptors (Lipinski definition) is 2. The Morgan fingerprint density at radius 2 is 2.10 bits per heavy atom. The van der Waals surface area contributed by atoms with E-state index in [-0.39, 0.29) is 6.16 Å². The second kappa shape index (κ2) is 4.44. The third-order valence-corrected chi connectivity index (χ3v) is 1.75. The largest absolute Gasteiger partial charge is 0.359 e. The smallest absolute Gasteiger partial charge is 0.325 e. The third kappa shape index (κ3) is 7.62. The fourth-order valence-corrected chi connectivity index (χ4v) is 1.02. The lowest BCUT2D eigenvalue weighted by atomic mass is 10.5. The summed E-state index contributed by atoms with van der Waals surface area (Å²) in [7, 11) is -3.86. The van der Waals surface area contributed by atoms with E-state index in [1.807, 2.05) is 0 Å². The molecule has 0 heterocycles. The first kappa shape index (κ1) is 9.62. The Hall–Kier alpha value is -0.380. The zero-order valence-corrected chi connectivity index (χ0v) is 6.25. The van der Waals surface area contributed by atoms with Crippen molar-refractivity contribution in [3.8, 4) is 0 Å². The van der Waals surface area contributed by atoms with Gasteiger partial charge in [-0.15, -0.1) is 0 Å². The van der Waals surface area contributed by atoms with Gasteiger partial charge >= 0.3 is 7.60 Å². The Kier molecular flexibility index (Phi) is 4.27. The first-order valence-electron chi connectivity index (χ1n) is 2.78. The second-order valence-electron chi connectivity index (χ2n) is 1.81. The van der Waals surface area contributed by atoms with Crippen LogP contribution >= 0.6 is 7.60 Å². The van der Waals surface area contributed by atoms with E-state index in [1.54, 1.807) is 0 Å². The Labute approximate surface area is 58.6 Å². The molecule has 0 atom stereocenters. The number of rotatable bonds is 5. The number of amides is 1. The minimum atomic E-state index is -3.86. The SMILES string of the molecule is O=CNCCCP(=O)(O)O. The van der Waals surface area contributed by atoms with Crippen molar-refractivity contribution < 1.29 is 19.1 Å². The van der Waals surface area contributed by atoms with Crippen LogP contribution in [0.1, 0.15) is 6.42 Å². The van der Waals surface area contributed by atoms with Crippen molar-refractivity contribution in [2.75, 3.05) is 12.7 Å². The van der Waals surface area contributed by atoms with E-state index in [0.29, 0.717) is 19.4 Å². The highest BCUT2D eigenvalue weighted by Crippen LogP contribution is 2.34. The molecule has 0 aliphatic carbocycles. The zero-order chi connectivity index (χ0) is 8.04. The van der Waals surface area contributed by atoms with Crippen molar-refractivity contribution in [3.05, 3.63) is 0 Å². The Morgan fingerprint density at radius 1 is 1.50 bits per heavy atom. The van der Waals surface area contributed by atoms with Gasteiger partial charge in [0.2, 0.25) is 6.41 Å². The van der Waals surface area contributed by atoms with Gasteiger partial charge in [-0.25, -0.2) is 0 Å². The summed E-state index contributed by atoms with van der Waals surface area (Å²) in [6.07, 6.45) is 0.635. The molecule has 0 spiro atoms. The first-order valence-corrected chi connectivity index (χ1v) is 4.57. The molecule has 0 fully saturated rings. The summed E-state index contributed by atoms with van der Waals surface area (Å²) in [4.78, 5) is 26.2. The summed E-state index contributed by atoms with van der Waals surface area (Å²) in [6, 6.07) is 0. The van der Waals surface area contributed by atoms with E-state index < -0.39 is 7.60 Å². The Balaban J connectivity index is 3.20. The van der Waals surface area contributed by atoms with Crippen LogP contribution in [-0.4, -0.2) is 28.9 Å². The molecule has 0 radical (unpaired) electrons. The van der Waals surface area contributed by atoms with Gasteiger partial charge in [0.05, 0.1) is 6.16 Å². The summed E-state index contributed by atoms with van der Waals surface area (Å²) in [5.41, 5.74) is 0. The van der Waals surface area contributed by atoms with Crippen LogP contribution < -0.4 is 5.32 Å². The average molecular weight is 167 g/mol. The molecule has 10 heavy (non-hydrogen) atoms. The van der Waals surface area contributed by atoms with Gasteiger partial charge in [0.15, 0.2) is 0 Å². The summed E-state index contributed by atoms with van der Waals surface area (Å²) < 4.78 is 10.2. The summed E-state index contributed by atoms with van der Waals surface area (Å²) in [6.45, 7) is 0.314. The predicted molar refractivity (Wildman–Crippen MR) is 35.6 cm³/mol. The van der Waals surface area contributed by atoms with E-state index in [1.165, 1.54) is 0 Å². The van der Waals surface area contributed by atoms with Crippen molar-refractivity contribution in [2.45, 2.75) is 6.42 Å². The molecule has 0 rings (SSSR count). The lowest BCUT2D eigenvalue weighted by Gasteiger charge is -2.01. The molecule has 0 aliphatic rings. The van der Waals surface area contributed by atoms with Gasteiger partial charge in [-0.3, -0.25) is 9.36 Å². The van der Waals surface area contributed by atoms with Gasteiger partial charge < -0.3 is 15.1 Å². The van der Waals surface area contributed by atoms with Crippen LogP contribution in [0.5, 0.6) is 0 Å². The molecule has 1 amide bonds. The van der Waals surface area contributed by atoms with Gasteiger partial charge in [0.25, 0.3) is 0 Å². The number of carbonyl (C=O) groups is 1. The van der Waals surface area contributed by atoms with Crippen LogP contribution in [0.25, 0.3) is 0 Å². The monoisotopic (exact) mass is 167 g/mol. The van der Waals surface area contributed by atoms with Crippen LogP contribution in [0.2, 0.25) is 0 Å². The zero-order valence-electron chi connectivity index (χ0n) is 5.36. The van der Waals surface area contributed by atoms with Crippen molar-refractivity contribution in [1.29, 1.82) is 0 Å². The molecule has 60 valence electrons. The maximum absolute atomic E-state index is 10.2. The normalized spacial score (nSPS) is 11.0. The molecule has 0 saturated carbocycles. The van der Waals surface area contributed by atoms with E-state index in [0.717, 1.165) is 0 Å². The number of nitrogens with one attached hydrogen (secondary N) is 1. The highest BCUT2D eigenvalue weighted by atomic mass is 31.2. The molecule has 5 nitrogen and oxygen atoms in total. The topological polar surface area (TPSA) is 86.6 Å². The van der Waals surface area contributed by atoms with E-state index in [2.05, 4.69) is 5.32 Å². The minimum Gasteiger partial charge on any atom is -0.359 e. The molecule has 0 saturated heterocycles. The first-order chi connectivity index (χ1) is 4.56. The number of carbonyl (C=O) groups excluding carboxylic acids is 1. The molecule has 0 aromatic carbocycles. The van der Waals surface area contributed by atoms with Crippen molar-refractivity contribution in [3.63, 3.8) is 0 Å². The molecule has 0 aromatic heterocycles. The fourth-order valence-electron chi connectivity index (χ4n) is 0.446. The van der Waals surface area contributed by atoms with Gasteiger partial charge in [0.1, 0.15) is 0 Å². The van der Waals surface area contributed by atoms with Crippen molar-refractivity contribution in [2.24, 2.45) is 0 Å². The molecule has 0 aliphatic heterocycles. The lowest BCUT2D eigenvalue weighted by Crippen LogP contribution is -2.13. The van der Waals surface area contributed by atoms with E-state index in [4.69, 9.17) is 9.79 Å². The molecular weight excluding hydrogens is 157 g/mol. The Bertz CT molecular complexity index is 142. The third-order valence-electron chi connectivity index (χ3n) is 0.854. The van der Waals surface area contributed by atoms with Crippen molar-refractivity contribution in [1.82, 2.24) is 5.32 Å². The van der Waals surface area contributed by atoms with Crippen molar-refractivity contribution >= 4 is 14.0 Å². The average Bonchev–Trinajstić information content (AvgIpc) is 1.78. The molecule has 6 heteroatoms. The molecule has 0 aromatic rings. The molecule has 3 N–H and O–H groups in total. The summed E-state index contributed by atoms with van der Waals surface area (Å²) in [5.74, 6) is 0. The highest BCUT2D eigenvalue weighted by Gasteiger charge is 2.10. The Morgan fingerprint density at radius 3 is 2.50 bits per heavy atom. The highest BCUT2D eigenvalue weighted by molar-refractivity contribution is 7.51. The van der Waals surface area contributed by atoms with Gasteiger partial charge in [-0.05, 0) is 6.42 Å². The minimum absolute atomic E-state index is 0.173. The van der Waals surface area contributed by atoms with Crippen LogP contribution in [0, 0.1) is 0 Å². The van der Waals surface area contributed by atoms with Gasteiger partial charge in [-0.1, -0.05) is 0 Å². The fraction of sp³-hybridized carbons (Fsp3) is 0.750. The maximum atomic E-state index is 10.2. The van der Waals surface area contributed by atoms with Crippen LogP contribution in [-0.2, 0) is 9.36 Å². The van der Waals surface area contributed by atoms with Gasteiger partial charge in [0, 0.05) is 6.54 Å². The van der Waals surface area contributed by atoms with Gasteiger partial charge in [-0.2, -0.15) is 0 Å². The maximum Gasteiger partial charge on any atom is 0.325 e. The summed E-state index contributed by atoms with van der Waals surface area (Å²) >= 11 is 0. The summed E-state index contributed by atoms with van der Waals surface area (Å²) in [5, 5.41) is 2.30. The van der Waals surface area contributed by atoms with Crippen LogP contribution in [0.3, 0.4) is 0 Å². The van der Waals surface area contributed by atoms with E-state index >= 15 is 0 Å². The lowest BCUT2D eigenvalue weighted by molar-refractivity contribution is -0.109. The molecule has 0 unspecified atom stereocenters. The van der Waals surface area contributed by atoms with Crippen LogP contribution in [0.4, 0.5) is 0 Å².